The number of unbranched alkanes of at least 4 members (excludes halogenated alkanes) is 1. The lowest BCUT2D eigenvalue weighted by Crippen LogP contribution is -2.36. The number of fused-ring (bicyclic) bond motifs is 2. The van der Waals surface area contributed by atoms with Gasteiger partial charge in [0, 0.05) is 45.1 Å². The number of carboxylic acids is 1. The first-order valence-electron chi connectivity index (χ1n) is 10.5. The van der Waals surface area contributed by atoms with Crippen molar-refractivity contribution in [1.82, 2.24) is 0 Å². The summed E-state index contributed by atoms with van der Waals surface area (Å²) in [5.41, 5.74) is 0. The van der Waals surface area contributed by atoms with E-state index in [-0.39, 0.29) is 24.0 Å². The lowest BCUT2D eigenvalue weighted by molar-refractivity contribution is -0.137. The number of ketones is 1. The molecule has 1 unspecified atom stereocenters. The molecular weight excluding hydrogens is 380 g/mol. The van der Waals surface area contributed by atoms with Crippen LogP contribution in [0.15, 0.2) is 12.2 Å². The Kier molecular flexibility index (Phi) is 8.00. The maximum Gasteiger partial charge on any atom is 0.303 e. The van der Waals surface area contributed by atoms with Gasteiger partial charge in [0.1, 0.15) is 0 Å². The molecule has 3 aliphatic rings. The molecule has 4 nitrogen and oxygen atoms in total. The van der Waals surface area contributed by atoms with E-state index < -0.39 is 16.8 Å². The molecule has 0 radical (unpaired) electrons. The molecule has 0 spiro atoms. The summed E-state index contributed by atoms with van der Waals surface area (Å²) in [4.78, 5) is 23.3. The molecule has 1 N–H and O–H groups in total. The summed E-state index contributed by atoms with van der Waals surface area (Å²) in [6, 6.07) is 0. The third kappa shape index (κ3) is 5.93. The van der Waals surface area contributed by atoms with Crippen molar-refractivity contribution in [2.45, 2.75) is 74.7 Å². The molecule has 6 heteroatoms. The van der Waals surface area contributed by atoms with Gasteiger partial charge in [-0.25, -0.2) is 0 Å². The number of allylic oxidation sites excluding steroid dienone is 2. The van der Waals surface area contributed by atoms with Crippen molar-refractivity contribution < 1.29 is 18.9 Å². The van der Waals surface area contributed by atoms with Crippen LogP contribution in [0, 0.1) is 17.8 Å². The summed E-state index contributed by atoms with van der Waals surface area (Å²) in [5.74, 6) is 1.91. The van der Waals surface area contributed by atoms with Gasteiger partial charge in [-0.3, -0.25) is 13.8 Å². The van der Waals surface area contributed by atoms with Gasteiger partial charge in [0.25, 0.3) is 0 Å². The second-order valence-electron chi connectivity index (χ2n) is 8.32. The predicted molar refractivity (Wildman–Crippen MR) is 111 cm³/mol. The molecule has 0 aromatic carbocycles. The van der Waals surface area contributed by atoms with Gasteiger partial charge in [0.2, 0.25) is 0 Å². The fourth-order valence-corrected chi connectivity index (χ4v) is 8.68. The lowest BCUT2D eigenvalue weighted by atomic mass is 9.78. The summed E-state index contributed by atoms with van der Waals surface area (Å²) in [6.07, 6.45) is 13.4. The molecule has 152 valence electrons. The summed E-state index contributed by atoms with van der Waals surface area (Å²) < 4.78 is 12.7. The zero-order valence-corrected chi connectivity index (χ0v) is 17.6. The topological polar surface area (TPSA) is 71.4 Å². The molecule has 5 atom stereocenters. The number of thioether (sulfide) groups is 1. The van der Waals surface area contributed by atoms with Gasteiger partial charge in [0.05, 0.1) is 0 Å². The van der Waals surface area contributed by atoms with Crippen LogP contribution in [0.5, 0.6) is 0 Å². The molecule has 3 rings (SSSR count). The van der Waals surface area contributed by atoms with E-state index in [1.165, 1.54) is 25.7 Å². The SMILES string of the molecule is O=C(O)CCCC=CC(=O)[C@@H]1[C@H](CS(=O)CCC2CCCC2)[C@@H]2CC[C@H]1S2. The van der Waals surface area contributed by atoms with Crippen molar-refractivity contribution in [1.29, 1.82) is 0 Å². The maximum absolute atomic E-state index is 12.8. The molecular formula is C21H32O4S2. The summed E-state index contributed by atoms with van der Waals surface area (Å²) in [5, 5.41) is 9.57. The van der Waals surface area contributed by atoms with Gasteiger partial charge in [-0.05, 0) is 50.0 Å². The van der Waals surface area contributed by atoms with Crippen molar-refractivity contribution in [3.63, 3.8) is 0 Å². The third-order valence-electron chi connectivity index (χ3n) is 6.40. The van der Waals surface area contributed by atoms with Gasteiger partial charge in [-0.15, -0.1) is 0 Å². The van der Waals surface area contributed by atoms with Crippen molar-refractivity contribution >= 4 is 34.3 Å². The van der Waals surface area contributed by atoms with E-state index in [1.807, 2.05) is 17.8 Å². The van der Waals surface area contributed by atoms with Gasteiger partial charge in [-0.2, -0.15) is 11.8 Å². The molecule has 0 amide bonds. The first kappa shape index (κ1) is 21.1. The summed E-state index contributed by atoms with van der Waals surface area (Å²) >= 11 is 1.94. The van der Waals surface area contributed by atoms with Gasteiger partial charge >= 0.3 is 5.97 Å². The Morgan fingerprint density at radius 2 is 1.85 bits per heavy atom. The first-order valence-corrected chi connectivity index (χ1v) is 12.9. The average molecular weight is 413 g/mol. The Bertz CT molecular complexity index is 583. The second-order valence-corrected chi connectivity index (χ2v) is 11.4. The van der Waals surface area contributed by atoms with E-state index in [4.69, 9.17) is 5.11 Å². The van der Waals surface area contributed by atoms with E-state index in [9.17, 15) is 13.8 Å². The van der Waals surface area contributed by atoms with Gasteiger partial charge < -0.3 is 5.11 Å². The van der Waals surface area contributed by atoms with Crippen LogP contribution in [0.3, 0.4) is 0 Å². The second kappa shape index (κ2) is 10.2. The third-order valence-corrected chi connectivity index (χ3v) is 9.66. The fourth-order valence-electron chi connectivity index (χ4n) is 4.96. The Morgan fingerprint density at radius 1 is 1.11 bits per heavy atom. The Balaban J connectivity index is 1.48. The molecule has 27 heavy (non-hydrogen) atoms. The standard InChI is InChI=1S/C21H32O4S2/c22-17(8-2-1-3-9-20(23)24)21-16(18-10-11-19(21)26-18)14-27(25)13-12-15-6-4-5-7-15/h2,8,15-16,18-19,21H,1,3-7,9-14H2,(H,23,24)/t16-,18+,19-,21+,27?/m1/s1. The monoisotopic (exact) mass is 412 g/mol. The number of carboxylic acid groups (broad SMARTS) is 1. The molecule has 1 aliphatic carbocycles. The van der Waals surface area contributed by atoms with Crippen molar-refractivity contribution in [2.24, 2.45) is 17.8 Å². The van der Waals surface area contributed by atoms with Crippen LogP contribution in [0.4, 0.5) is 0 Å². The minimum atomic E-state index is -0.814. The summed E-state index contributed by atoms with van der Waals surface area (Å²) in [7, 11) is -0.814. The van der Waals surface area contributed by atoms with E-state index in [0.29, 0.717) is 29.1 Å². The fraction of sp³-hybridized carbons (Fsp3) is 0.810. The molecule has 2 heterocycles. The number of hydrogen-bond acceptors (Lipinski definition) is 4. The minimum Gasteiger partial charge on any atom is -0.481 e. The quantitative estimate of drug-likeness (QED) is 0.407. The molecule has 0 aromatic heterocycles. The van der Waals surface area contributed by atoms with Crippen LogP contribution >= 0.6 is 11.8 Å². The van der Waals surface area contributed by atoms with E-state index >= 15 is 0 Å². The highest BCUT2D eigenvalue weighted by Crippen LogP contribution is 2.53. The number of carbonyl (C=O) groups excluding carboxylic acids is 1. The number of hydrogen-bond donors (Lipinski definition) is 1. The lowest BCUT2D eigenvalue weighted by Gasteiger charge is -2.27. The highest BCUT2D eigenvalue weighted by Gasteiger charge is 2.51. The minimum absolute atomic E-state index is 0.0138. The van der Waals surface area contributed by atoms with Crippen LogP contribution in [-0.4, -0.2) is 43.1 Å². The molecule has 1 saturated carbocycles. The van der Waals surface area contributed by atoms with Crippen LogP contribution in [0.2, 0.25) is 0 Å². The smallest absolute Gasteiger partial charge is 0.303 e. The predicted octanol–water partition coefficient (Wildman–Crippen LogP) is 4.21. The Hall–Kier alpha value is -0.620. The number of rotatable bonds is 11. The molecule has 3 fully saturated rings. The van der Waals surface area contributed by atoms with E-state index in [0.717, 1.165) is 30.9 Å². The average Bonchev–Trinajstić information content (AvgIpc) is 3.36. The van der Waals surface area contributed by atoms with E-state index in [1.54, 1.807) is 6.08 Å². The van der Waals surface area contributed by atoms with Gasteiger partial charge in [-0.1, -0.05) is 31.8 Å². The highest BCUT2D eigenvalue weighted by molar-refractivity contribution is 8.01. The Morgan fingerprint density at radius 3 is 2.59 bits per heavy atom. The zero-order valence-electron chi connectivity index (χ0n) is 16.0. The molecule has 2 saturated heterocycles. The highest BCUT2D eigenvalue weighted by atomic mass is 32.2. The number of carbonyl (C=O) groups is 2. The molecule has 2 bridgehead atoms. The zero-order chi connectivity index (χ0) is 19.2. The van der Waals surface area contributed by atoms with Gasteiger partial charge in [0.15, 0.2) is 5.78 Å². The normalized spacial score (nSPS) is 31.7. The molecule has 2 aliphatic heterocycles. The number of aliphatic carboxylic acids is 1. The van der Waals surface area contributed by atoms with Crippen LogP contribution in [-0.2, 0) is 20.4 Å². The maximum atomic E-state index is 12.8. The van der Waals surface area contributed by atoms with Crippen molar-refractivity contribution in [2.75, 3.05) is 11.5 Å². The van der Waals surface area contributed by atoms with Crippen LogP contribution < -0.4 is 0 Å². The molecule has 0 aromatic rings. The van der Waals surface area contributed by atoms with Crippen LogP contribution in [0.25, 0.3) is 0 Å². The van der Waals surface area contributed by atoms with E-state index in [2.05, 4.69) is 0 Å². The first-order chi connectivity index (χ1) is 13.0. The van der Waals surface area contributed by atoms with Crippen molar-refractivity contribution in [3.05, 3.63) is 12.2 Å². The summed E-state index contributed by atoms with van der Waals surface area (Å²) in [6.45, 7) is 0. The van der Waals surface area contributed by atoms with Crippen LogP contribution in [0.1, 0.15) is 64.2 Å². The Labute approximate surface area is 169 Å². The van der Waals surface area contributed by atoms with Crippen molar-refractivity contribution in [3.8, 4) is 0 Å². The largest absolute Gasteiger partial charge is 0.481 e.